The molecule has 0 spiro atoms. The highest BCUT2D eigenvalue weighted by atomic mass is 35.5. The third-order valence-corrected chi connectivity index (χ3v) is 0. The summed E-state index contributed by atoms with van der Waals surface area (Å²) >= 11 is 0. The van der Waals surface area contributed by atoms with Gasteiger partial charge in [-0.05, 0) is 6.58 Å². The zero-order valence-corrected chi connectivity index (χ0v) is 5.65. The molecule has 0 unspecified atom stereocenters. The van der Waals surface area contributed by atoms with Crippen LogP contribution in [0.1, 0.15) is 0 Å². The van der Waals surface area contributed by atoms with Gasteiger partial charge in [0.15, 0.2) is 0 Å². The molecule has 6 heteroatoms. The average Bonchev–Trinajstić information content (AvgIpc) is 1.41. The lowest BCUT2D eigenvalue weighted by Crippen LogP contribution is -3.00. The molecule has 0 aliphatic rings. The molecule has 0 rings (SSSR count). The van der Waals surface area contributed by atoms with E-state index in [1.165, 1.54) is 0 Å². The van der Waals surface area contributed by atoms with E-state index in [0.29, 0.717) is 0 Å². The summed E-state index contributed by atoms with van der Waals surface area (Å²) in [6.07, 6.45) is -1.83. The predicted molar refractivity (Wildman–Crippen MR) is 22.6 cm³/mol. The summed E-state index contributed by atoms with van der Waals surface area (Å²) in [6.45, 7) is 8.22. The Morgan fingerprint density at radius 2 is 0.900 bits per heavy atom. The molecule has 0 aromatic heterocycles. The van der Waals surface area contributed by atoms with Gasteiger partial charge in [0.05, 0.1) is 0 Å². The van der Waals surface area contributed by atoms with Crippen LogP contribution in [0.2, 0.25) is 0 Å². The van der Waals surface area contributed by atoms with Crippen LogP contribution in [0, 0.1) is 0 Å². The monoisotopic (exact) mass is 184 g/mol. The minimum Gasteiger partial charge on any atom is -1.00 e. The fourth-order valence-corrected chi connectivity index (χ4v) is 0. The lowest BCUT2D eigenvalue weighted by Gasteiger charge is -1.54. The summed E-state index contributed by atoms with van der Waals surface area (Å²) in [5, 5.41) is 0. The predicted octanol–water partition coefficient (Wildman–Crippen LogP) is -9.79. The normalized spacial score (nSPS) is 3.00. The van der Waals surface area contributed by atoms with Crippen molar-refractivity contribution in [3.05, 3.63) is 25.8 Å². The summed E-state index contributed by atoms with van der Waals surface area (Å²) < 4.78 is 20.3. The first-order valence-electron chi connectivity index (χ1n) is 1.23. The summed E-state index contributed by atoms with van der Waals surface area (Å²) in [6, 6.07) is 0. The van der Waals surface area contributed by atoms with Gasteiger partial charge in [-0.1, -0.05) is 0 Å². The van der Waals surface area contributed by atoms with E-state index in [1.807, 2.05) is 0 Å². The van der Waals surface area contributed by atoms with Gasteiger partial charge >= 0.3 is 0 Å². The van der Waals surface area contributed by atoms with Crippen LogP contribution in [0.4, 0.5) is 8.78 Å². The molecule has 0 nitrogen and oxygen atoms in total. The van der Waals surface area contributed by atoms with Crippen LogP contribution in [0.3, 0.4) is 0 Å². The van der Waals surface area contributed by atoms with Crippen molar-refractivity contribution in [1.82, 2.24) is 0 Å². The molecule has 10 heavy (non-hydrogen) atoms. The van der Waals surface area contributed by atoms with Crippen molar-refractivity contribution >= 4 is 0 Å². The smallest absolute Gasteiger partial charge is 0.263 e. The lowest BCUT2D eigenvalue weighted by molar-refractivity contribution is -0.00100. The van der Waals surface area contributed by atoms with Crippen LogP contribution >= 0.6 is 0 Å². The van der Waals surface area contributed by atoms with Crippen molar-refractivity contribution < 1.29 is 35.3 Å². The van der Waals surface area contributed by atoms with Crippen LogP contribution in [-0.2, 0) is 0 Å². The standard InChI is InChI=1S/C2H2F2.C2H4.ClH.3FH/c1-2(3)4;1-2;;;;/h1H2;1-2H2;4*1H/p-4. The van der Waals surface area contributed by atoms with Gasteiger partial charge in [-0.2, -0.15) is 8.78 Å². The second-order valence-electron chi connectivity index (χ2n) is 0.339. The Balaban J connectivity index is -0.00000000625. The third-order valence-electron chi connectivity index (χ3n) is 0. The Labute approximate surface area is 62.1 Å². The molecular weight excluding hydrogens is 178 g/mol. The zero-order valence-electron chi connectivity index (χ0n) is 4.89. The Hall–Kier alpha value is -0.580. The van der Waals surface area contributed by atoms with E-state index in [0.717, 1.165) is 0 Å². The zero-order chi connectivity index (χ0) is 5.58. The molecule has 0 saturated carbocycles. The first-order chi connectivity index (χ1) is 2.73. The molecule has 0 aliphatic heterocycles. The maximum absolute atomic E-state index is 10.1. The highest BCUT2D eigenvalue weighted by Crippen LogP contribution is 1.85. The van der Waals surface area contributed by atoms with Gasteiger partial charge in [-0.15, -0.1) is 13.2 Å². The second-order valence-corrected chi connectivity index (χ2v) is 0.339. The highest BCUT2D eigenvalue weighted by molar-refractivity contribution is 4.57. The van der Waals surface area contributed by atoms with Crippen molar-refractivity contribution in [3.63, 3.8) is 0 Å². The second kappa shape index (κ2) is 79.2. The summed E-state index contributed by atoms with van der Waals surface area (Å²) in [5.74, 6) is 0. The van der Waals surface area contributed by atoms with E-state index in [9.17, 15) is 8.78 Å². The Morgan fingerprint density at radius 3 is 0.900 bits per heavy atom. The van der Waals surface area contributed by atoms with E-state index >= 15 is 0 Å². The van der Waals surface area contributed by atoms with Crippen molar-refractivity contribution in [1.29, 1.82) is 0 Å². The minimum atomic E-state index is -1.83. The van der Waals surface area contributed by atoms with Gasteiger partial charge in [0, 0.05) is 0 Å². The largest absolute Gasteiger partial charge is 1.00 e. The van der Waals surface area contributed by atoms with E-state index in [4.69, 9.17) is 0 Å². The topological polar surface area (TPSA) is 0 Å². The molecule has 0 saturated heterocycles. The third kappa shape index (κ3) is 909. The van der Waals surface area contributed by atoms with Crippen molar-refractivity contribution in [3.8, 4) is 0 Å². The van der Waals surface area contributed by atoms with Gasteiger partial charge in [0.2, 0.25) is 0 Å². The Morgan fingerprint density at radius 1 is 0.900 bits per heavy atom. The van der Waals surface area contributed by atoms with Gasteiger partial charge in [-0.25, -0.2) is 0 Å². The highest BCUT2D eigenvalue weighted by Gasteiger charge is 1.65. The summed E-state index contributed by atoms with van der Waals surface area (Å²) in [5.41, 5.74) is 0. The molecule has 0 bridgehead atoms. The van der Waals surface area contributed by atoms with E-state index in [1.54, 1.807) is 0 Å². The van der Waals surface area contributed by atoms with E-state index < -0.39 is 6.08 Å². The molecule has 0 amide bonds. The van der Waals surface area contributed by atoms with E-state index in [2.05, 4.69) is 19.7 Å². The molecule has 0 atom stereocenters. The average molecular weight is 185 g/mol. The molecule has 0 aromatic carbocycles. The van der Waals surface area contributed by atoms with Crippen LogP contribution in [0.15, 0.2) is 25.8 Å². The Kier molecular flexibility index (Phi) is 452. The minimum absolute atomic E-state index is 0. The maximum Gasteiger partial charge on any atom is 0.263 e. The molecule has 0 heterocycles. The first kappa shape index (κ1) is 57.1. The quantitative estimate of drug-likeness (QED) is 0.259. The number of halogens is 6. The number of hydrogen-bond donors (Lipinski definition) is 0. The van der Waals surface area contributed by atoms with Crippen LogP contribution in [0.25, 0.3) is 0 Å². The van der Waals surface area contributed by atoms with Gasteiger partial charge in [0.25, 0.3) is 6.08 Å². The number of hydrogen-bond acceptors (Lipinski definition) is 0. The molecule has 0 radical (unpaired) electrons. The van der Waals surface area contributed by atoms with Gasteiger partial charge < -0.3 is 26.5 Å². The molecule has 0 aliphatic carbocycles. The van der Waals surface area contributed by atoms with Crippen LogP contribution in [0.5, 0.6) is 0 Å². The number of rotatable bonds is 0. The SMILES string of the molecule is C=C.C=C(F)F.[Cl-].[F-].[F-].[F-]. The molecule has 68 valence electrons. The summed E-state index contributed by atoms with van der Waals surface area (Å²) in [7, 11) is 0. The molecular formula is C4H6ClF5-4. The van der Waals surface area contributed by atoms with Crippen molar-refractivity contribution in [2.24, 2.45) is 0 Å². The first-order valence-corrected chi connectivity index (χ1v) is 1.23. The lowest BCUT2D eigenvalue weighted by atomic mass is 11.2. The maximum atomic E-state index is 10.1. The van der Waals surface area contributed by atoms with Crippen molar-refractivity contribution in [2.45, 2.75) is 0 Å². The van der Waals surface area contributed by atoms with Gasteiger partial charge in [0.1, 0.15) is 0 Å². The van der Waals surface area contributed by atoms with Crippen molar-refractivity contribution in [2.75, 3.05) is 0 Å². The summed E-state index contributed by atoms with van der Waals surface area (Å²) in [4.78, 5) is 0. The fraction of sp³-hybridized carbons (Fsp3) is 0. The Bertz CT molecular complexity index is 44.9. The van der Waals surface area contributed by atoms with Crippen LogP contribution in [-0.4, -0.2) is 0 Å². The van der Waals surface area contributed by atoms with Crippen LogP contribution < -0.4 is 26.5 Å². The van der Waals surface area contributed by atoms with Gasteiger partial charge in [-0.3, -0.25) is 0 Å². The van der Waals surface area contributed by atoms with E-state index in [-0.39, 0.29) is 26.5 Å². The molecule has 0 fully saturated rings. The fourth-order valence-electron chi connectivity index (χ4n) is 0. The molecule has 0 N–H and O–H groups in total. The molecule has 0 aromatic rings.